The number of nitrogens with two attached hydrogens (primary N) is 1. The summed E-state index contributed by atoms with van der Waals surface area (Å²) in [5.41, 5.74) is 7.01. The molecule has 0 aliphatic rings. The third kappa shape index (κ3) is 3.61. The molecule has 3 aromatic carbocycles. The number of anilines is 1. The van der Waals surface area contributed by atoms with E-state index in [-0.39, 0.29) is 18.8 Å². The molecule has 7 nitrogen and oxygen atoms in total. The first kappa shape index (κ1) is 18.8. The molecule has 4 rings (SSSR count). The van der Waals surface area contributed by atoms with Gasteiger partial charge in [0.2, 0.25) is 0 Å². The first-order valence-corrected chi connectivity index (χ1v) is 9.18. The van der Waals surface area contributed by atoms with Crippen LogP contribution in [0.15, 0.2) is 60.7 Å². The van der Waals surface area contributed by atoms with Crippen LogP contribution in [0.2, 0.25) is 0 Å². The molecule has 0 unspecified atom stereocenters. The molecule has 7 heteroatoms. The fourth-order valence-electron chi connectivity index (χ4n) is 3.26. The van der Waals surface area contributed by atoms with Crippen molar-refractivity contribution in [3.8, 4) is 11.4 Å². The lowest BCUT2D eigenvalue weighted by Crippen LogP contribution is -2.28. The van der Waals surface area contributed by atoms with Gasteiger partial charge >= 0.3 is 0 Å². The number of fused-ring (bicyclic) bond motifs is 2. The highest BCUT2D eigenvalue weighted by Gasteiger charge is 2.17. The Bertz CT molecular complexity index is 1210. The molecule has 0 bridgehead atoms. The number of para-hydroxylation sites is 1. The Balaban J connectivity index is 1.95. The van der Waals surface area contributed by atoms with Gasteiger partial charge in [0, 0.05) is 10.9 Å². The van der Waals surface area contributed by atoms with Gasteiger partial charge in [0.25, 0.3) is 5.91 Å². The van der Waals surface area contributed by atoms with Crippen LogP contribution >= 0.6 is 0 Å². The minimum absolute atomic E-state index is 0.275. The lowest BCUT2D eigenvalue weighted by atomic mass is 10.1. The molecule has 0 aliphatic carbocycles. The number of nitrogens with one attached hydrogen (secondary N) is 1. The van der Waals surface area contributed by atoms with Crippen molar-refractivity contribution in [2.45, 2.75) is 6.04 Å². The second-order valence-corrected chi connectivity index (χ2v) is 6.73. The van der Waals surface area contributed by atoms with Crippen LogP contribution in [0.5, 0.6) is 0 Å². The van der Waals surface area contributed by atoms with Gasteiger partial charge in [-0.05, 0) is 29.0 Å². The maximum Gasteiger partial charge on any atom is 0.250 e. The number of carbonyl (C=O) groups excluding carboxylic acids is 1. The van der Waals surface area contributed by atoms with Crippen molar-refractivity contribution in [1.82, 2.24) is 9.97 Å². The molecule has 0 spiro atoms. The molecule has 0 fully saturated rings. The molecule has 1 heterocycles. The van der Waals surface area contributed by atoms with Crippen LogP contribution in [0.25, 0.3) is 33.1 Å². The van der Waals surface area contributed by atoms with Crippen molar-refractivity contribution in [3.63, 3.8) is 0 Å². The molecule has 0 saturated carbocycles. The predicted molar refractivity (Wildman–Crippen MR) is 113 cm³/mol. The number of primary amides is 1. The van der Waals surface area contributed by atoms with Gasteiger partial charge in [-0.3, -0.25) is 4.79 Å². The number of aromatic nitrogens is 2. The van der Waals surface area contributed by atoms with Crippen LogP contribution in [0.4, 0.5) is 5.82 Å². The molecular weight excluding hydrogens is 368 g/mol. The normalized spacial score (nSPS) is 11.3. The SMILES string of the molecule is NC(=O)c1cccc2c(NC(CO)CO)nc(-c3ccc4ccccc4c3)nc12. The van der Waals surface area contributed by atoms with Gasteiger partial charge in [0.1, 0.15) is 5.82 Å². The van der Waals surface area contributed by atoms with Gasteiger partial charge in [-0.25, -0.2) is 9.97 Å². The van der Waals surface area contributed by atoms with Crippen LogP contribution in [-0.4, -0.2) is 45.3 Å². The predicted octanol–water partition coefficient (Wildman–Crippen LogP) is 2.31. The summed E-state index contributed by atoms with van der Waals surface area (Å²) in [6.45, 7) is -0.550. The number of hydrogen-bond donors (Lipinski definition) is 4. The van der Waals surface area contributed by atoms with Crippen molar-refractivity contribution < 1.29 is 15.0 Å². The van der Waals surface area contributed by atoms with Crippen molar-refractivity contribution in [2.75, 3.05) is 18.5 Å². The number of amides is 1. The van der Waals surface area contributed by atoms with E-state index in [0.29, 0.717) is 22.5 Å². The van der Waals surface area contributed by atoms with E-state index in [1.54, 1.807) is 18.2 Å². The molecule has 29 heavy (non-hydrogen) atoms. The molecule has 1 aromatic heterocycles. The third-order valence-corrected chi connectivity index (χ3v) is 4.78. The van der Waals surface area contributed by atoms with Crippen LogP contribution in [0.3, 0.4) is 0 Å². The third-order valence-electron chi connectivity index (χ3n) is 4.78. The highest BCUT2D eigenvalue weighted by molar-refractivity contribution is 6.07. The molecule has 0 radical (unpaired) electrons. The molecule has 0 atom stereocenters. The Hall–Kier alpha value is -3.55. The summed E-state index contributed by atoms with van der Waals surface area (Å²) >= 11 is 0. The van der Waals surface area contributed by atoms with Crippen molar-refractivity contribution in [2.24, 2.45) is 5.73 Å². The highest BCUT2D eigenvalue weighted by Crippen LogP contribution is 2.29. The molecule has 146 valence electrons. The highest BCUT2D eigenvalue weighted by atomic mass is 16.3. The zero-order chi connectivity index (χ0) is 20.4. The van der Waals surface area contributed by atoms with E-state index in [1.807, 2.05) is 42.5 Å². The molecule has 4 aromatic rings. The van der Waals surface area contributed by atoms with E-state index in [1.165, 1.54) is 0 Å². The summed E-state index contributed by atoms with van der Waals surface area (Å²) in [7, 11) is 0. The number of benzene rings is 3. The van der Waals surface area contributed by atoms with Crippen LogP contribution in [0.1, 0.15) is 10.4 Å². The first-order valence-electron chi connectivity index (χ1n) is 9.18. The Morgan fingerprint density at radius 2 is 1.72 bits per heavy atom. The zero-order valence-electron chi connectivity index (χ0n) is 15.5. The van der Waals surface area contributed by atoms with Crippen molar-refractivity contribution >= 4 is 33.4 Å². The molecular formula is C22H20N4O3. The maximum atomic E-state index is 11.9. The Morgan fingerprint density at radius 3 is 2.45 bits per heavy atom. The van der Waals surface area contributed by atoms with Gasteiger partial charge < -0.3 is 21.3 Å². The van der Waals surface area contributed by atoms with Gasteiger partial charge in [0.05, 0.1) is 30.3 Å². The van der Waals surface area contributed by atoms with Gasteiger partial charge in [0.15, 0.2) is 5.82 Å². The lowest BCUT2D eigenvalue weighted by molar-refractivity contribution is 0.100. The van der Waals surface area contributed by atoms with Crippen LogP contribution < -0.4 is 11.1 Å². The minimum Gasteiger partial charge on any atom is -0.394 e. The summed E-state index contributed by atoms with van der Waals surface area (Å²) < 4.78 is 0. The fourth-order valence-corrected chi connectivity index (χ4v) is 3.26. The van der Waals surface area contributed by atoms with Crippen LogP contribution in [-0.2, 0) is 0 Å². The molecule has 1 amide bonds. The molecule has 0 aliphatic heterocycles. The number of nitrogens with zero attached hydrogens (tertiary/aromatic N) is 2. The van der Waals surface area contributed by atoms with E-state index in [4.69, 9.17) is 5.73 Å². The van der Waals surface area contributed by atoms with E-state index in [9.17, 15) is 15.0 Å². The summed E-state index contributed by atoms with van der Waals surface area (Å²) in [5, 5.41) is 24.7. The summed E-state index contributed by atoms with van der Waals surface area (Å²) in [4.78, 5) is 21.2. The van der Waals surface area contributed by atoms with E-state index in [0.717, 1.165) is 16.3 Å². The molecule has 5 N–H and O–H groups in total. The van der Waals surface area contributed by atoms with E-state index in [2.05, 4.69) is 15.3 Å². The number of rotatable bonds is 6. The summed E-state index contributed by atoms with van der Waals surface area (Å²) in [6.07, 6.45) is 0. The van der Waals surface area contributed by atoms with Gasteiger partial charge in [-0.15, -0.1) is 0 Å². The Labute approximate surface area is 166 Å². The largest absolute Gasteiger partial charge is 0.394 e. The number of carbonyl (C=O) groups is 1. The average Bonchev–Trinajstić information content (AvgIpc) is 2.76. The summed E-state index contributed by atoms with van der Waals surface area (Å²) in [5.74, 6) is 0.231. The fraction of sp³-hybridized carbons (Fsp3) is 0.136. The average molecular weight is 388 g/mol. The number of aliphatic hydroxyl groups excluding tert-OH is 2. The van der Waals surface area contributed by atoms with Crippen LogP contribution in [0, 0.1) is 0 Å². The summed E-state index contributed by atoms with van der Waals surface area (Å²) in [6, 6.07) is 18.3. The van der Waals surface area contributed by atoms with E-state index < -0.39 is 11.9 Å². The minimum atomic E-state index is -0.602. The van der Waals surface area contributed by atoms with Crippen molar-refractivity contribution in [3.05, 3.63) is 66.2 Å². The standard InChI is InChI=1S/C22H20N4O3/c23-20(29)17-6-3-7-18-19(17)25-21(26-22(18)24-16(11-27)12-28)15-9-8-13-4-1-2-5-14(13)10-15/h1-10,16,27-28H,11-12H2,(H2,23,29)(H,24,25,26). The quantitative estimate of drug-likeness (QED) is 0.402. The van der Waals surface area contributed by atoms with Gasteiger partial charge in [-0.2, -0.15) is 0 Å². The maximum absolute atomic E-state index is 11.9. The Kier molecular flexibility index (Phi) is 5.07. The lowest BCUT2D eigenvalue weighted by Gasteiger charge is -2.17. The molecule has 0 saturated heterocycles. The topological polar surface area (TPSA) is 121 Å². The van der Waals surface area contributed by atoms with E-state index >= 15 is 0 Å². The zero-order valence-corrected chi connectivity index (χ0v) is 15.5. The van der Waals surface area contributed by atoms with Gasteiger partial charge in [-0.1, -0.05) is 42.5 Å². The second-order valence-electron chi connectivity index (χ2n) is 6.73. The first-order chi connectivity index (χ1) is 14.1. The monoisotopic (exact) mass is 388 g/mol. The second kappa shape index (κ2) is 7.83. The van der Waals surface area contributed by atoms with Crippen molar-refractivity contribution in [1.29, 1.82) is 0 Å². The Morgan fingerprint density at radius 1 is 0.966 bits per heavy atom. The smallest absolute Gasteiger partial charge is 0.250 e. The number of aliphatic hydroxyl groups is 2. The number of hydrogen-bond acceptors (Lipinski definition) is 6.